The molecule has 6 nitrogen and oxygen atoms in total. The zero-order valence-corrected chi connectivity index (χ0v) is 12.6. The van der Waals surface area contributed by atoms with Crippen LogP contribution in [0.15, 0.2) is 30.6 Å². The standard InChI is InChI=1S/C14H16F3N5O/c1-9(13-21-19-8-22(13)2)20-12(23)7-18-11-5-3-4-10(6-11)14(15,16)17/h3-6,8-9,18H,7H2,1-2H3,(H,20,23)/t9-/m1/s1. The van der Waals surface area contributed by atoms with E-state index in [1.54, 1.807) is 18.5 Å². The molecule has 0 saturated heterocycles. The summed E-state index contributed by atoms with van der Waals surface area (Å²) in [5, 5.41) is 13.0. The van der Waals surface area contributed by atoms with Crippen molar-refractivity contribution in [3.05, 3.63) is 42.0 Å². The molecule has 1 aromatic carbocycles. The molecule has 0 aliphatic carbocycles. The molecule has 2 aromatic rings. The van der Waals surface area contributed by atoms with Crippen LogP contribution < -0.4 is 10.6 Å². The Kier molecular flexibility index (Phi) is 4.87. The lowest BCUT2D eigenvalue weighted by atomic mass is 10.2. The van der Waals surface area contributed by atoms with Crippen molar-refractivity contribution in [1.82, 2.24) is 20.1 Å². The van der Waals surface area contributed by atoms with Crippen molar-refractivity contribution in [2.24, 2.45) is 7.05 Å². The third-order valence-electron chi connectivity index (χ3n) is 3.15. The van der Waals surface area contributed by atoms with E-state index in [2.05, 4.69) is 20.8 Å². The topological polar surface area (TPSA) is 71.8 Å². The predicted molar refractivity (Wildman–Crippen MR) is 77.5 cm³/mol. The Morgan fingerprint density at radius 3 is 2.74 bits per heavy atom. The molecule has 0 fully saturated rings. The molecule has 1 aromatic heterocycles. The monoisotopic (exact) mass is 327 g/mol. The third-order valence-corrected chi connectivity index (χ3v) is 3.15. The number of carbonyl (C=O) groups excluding carboxylic acids is 1. The van der Waals surface area contributed by atoms with Crippen LogP contribution in [-0.4, -0.2) is 27.2 Å². The van der Waals surface area contributed by atoms with Gasteiger partial charge in [-0.3, -0.25) is 4.79 Å². The number of aromatic nitrogens is 3. The van der Waals surface area contributed by atoms with Gasteiger partial charge in [-0.15, -0.1) is 10.2 Å². The van der Waals surface area contributed by atoms with E-state index in [1.165, 1.54) is 18.5 Å². The van der Waals surface area contributed by atoms with E-state index in [0.717, 1.165) is 12.1 Å². The first-order chi connectivity index (χ1) is 10.8. The normalized spacial score (nSPS) is 12.7. The van der Waals surface area contributed by atoms with Gasteiger partial charge < -0.3 is 15.2 Å². The molecule has 124 valence electrons. The molecule has 1 amide bonds. The highest BCUT2D eigenvalue weighted by Gasteiger charge is 2.30. The van der Waals surface area contributed by atoms with Gasteiger partial charge in [-0.2, -0.15) is 13.2 Å². The molecule has 0 unspecified atom stereocenters. The molecule has 0 bridgehead atoms. The summed E-state index contributed by atoms with van der Waals surface area (Å²) >= 11 is 0. The average molecular weight is 327 g/mol. The molecule has 2 rings (SSSR count). The van der Waals surface area contributed by atoms with Gasteiger partial charge in [-0.05, 0) is 25.1 Å². The van der Waals surface area contributed by atoms with Gasteiger partial charge in [0, 0.05) is 12.7 Å². The second-order valence-corrected chi connectivity index (χ2v) is 5.02. The first-order valence-corrected chi connectivity index (χ1v) is 6.82. The molecule has 1 heterocycles. The third kappa shape index (κ3) is 4.44. The summed E-state index contributed by atoms with van der Waals surface area (Å²) in [5.74, 6) is 0.218. The van der Waals surface area contributed by atoms with Gasteiger partial charge >= 0.3 is 6.18 Å². The predicted octanol–water partition coefficient (Wildman–Crippen LogP) is 2.12. The molecule has 9 heteroatoms. The molecule has 0 saturated carbocycles. The lowest BCUT2D eigenvalue weighted by Gasteiger charge is -2.14. The van der Waals surface area contributed by atoms with Crippen LogP contribution in [0.3, 0.4) is 0 Å². The fourth-order valence-electron chi connectivity index (χ4n) is 2.03. The Labute approximate surface area is 130 Å². The quantitative estimate of drug-likeness (QED) is 0.882. The van der Waals surface area contributed by atoms with Crippen LogP contribution in [0.5, 0.6) is 0 Å². The minimum atomic E-state index is -4.42. The van der Waals surface area contributed by atoms with E-state index in [0.29, 0.717) is 5.82 Å². The highest BCUT2D eigenvalue weighted by atomic mass is 19.4. The van der Waals surface area contributed by atoms with Gasteiger partial charge in [-0.1, -0.05) is 6.07 Å². The minimum Gasteiger partial charge on any atom is -0.376 e. The second kappa shape index (κ2) is 6.67. The smallest absolute Gasteiger partial charge is 0.376 e. The number of carbonyl (C=O) groups is 1. The number of halogens is 3. The van der Waals surface area contributed by atoms with Crippen molar-refractivity contribution in [3.63, 3.8) is 0 Å². The summed E-state index contributed by atoms with van der Waals surface area (Å²) in [6.45, 7) is 1.59. The Hall–Kier alpha value is -2.58. The van der Waals surface area contributed by atoms with Gasteiger partial charge in [0.2, 0.25) is 5.91 Å². The number of aryl methyl sites for hydroxylation is 1. The number of rotatable bonds is 5. The average Bonchev–Trinajstić information content (AvgIpc) is 2.91. The van der Waals surface area contributed by atoms with Crippen LogP contribution in [-0.2, 0) is 18.0 Å². The Bertz CT molecular complexity index is 683. The van der Waals surface area contributed by atoms with Gasteiger partial charge in [0.1, 0.15) is 6.33 Å². The molecule has 0 radical (unpaired) electrons. The number of nitrogens with one attached hydrogen (secondary N) is 2. The molecular weight excluding hydrogens is 311 g/mol. The number of benzene rings is 1. The van der Waals surface area contributed by atoms with Gasteiger partial charge in [0.15, 0.2) is 5.82 Å². The van der Waals surface area contributed by atoms with E-state index in [9.17, 15) is 18.0 Å². The van der Waals surface area contributed by atoms with Crippen molar-refractivity contribution in [1.29, 1.82) is 0 Å². The number of amides is 1. The number of alkyl halides is 3. The van der Waals surface area contributed by atoms with Crippen molar-refractivity contribution in [3.8, 4) is 0 Å². The number of nitrogens with zero attached hydrogens (tertiary/aromatic N) is 3. The number of anilines is 1. The largest absolute Gasteiger partial charge is 0.416 e. The summed E-state index contributed by atoms with van der Waals surface area (Å²) in [4.78, 5) is 11.9. The van der Waals surface area contributed by atoms with Gasteiger partial charge in [0.05, 0.1) is 18.2 Å². The van der Waals surface area contributed by atoms with Crippen LogP contribution >= 0.6 is 0 Å². The summed E-state index contributed by atoms with van der Waals surface area (Å²) in [6, 6.07) is 4.32. The van der Waals surface area contributed by atoms with E-state index in [-0.39, 0.29) is 24.2 Å². The first kappa shape index (κ1) is 16.8. The highest BCUT2D eigenvalue weighted by molar-refractivity contribution is 5.81. The first-order valence-electron chi connectivity index (χ1n) is 6.82. The Balaban J connectivity index is 1.91. The second-order valence-electron chi connectivity index (χ2n) is 5.02. The van der Waals surface area contributed by atoms with E-state index in [1.807, 2.05) is 0 Å². The van der Waals surface area contributed by atoms with Crippen LogP contribution in [0, 0.1) is 0 Å². The molecule has 2 N–H and O–H groups in total. The molecule has 0 spiro atoms. The summed E-state index contributed by atoms with van der Waals surface area (Å²) in [7, 11) is 1.75. The van der Waals surface area contributed by atoms with E-state index >= 15 is 0 Å². The fourth-order valence-corrected chi connectivity index (χ4v) is 2.03. The van der Waals surface area contributed by atoms with Crippen LogP contribution in [0.4, 0.5) is 18.9 Å². The van der Waals surface area contributed by atoms with E-state index < -0.39 is 11.7 Å². The maximum Gasteiger partial charge on any atom is 0.416 e. The van der Waals surface area contributed by atoms with Gasteiger partial charge in [-0.25, -0.2) is 0 Å². The zero-order valence-electron chi connectivity index (χ0n) is 12.6. The van der Waals surface area contributed by atoms with Crippen molar-refractivity contribution in [2.75, 3.05) is 11.9 Å². The molecule has 0 aliphatic rings. The zero-order chi connectivity index (χ0) is 17.0. The van der Waals surface area contributed by atoms with Crippen LogP contribution in [0.1, 0.15) is 24.4 Å². The molecule has 1 atom stereocenters. The SMILES string of the molecule is C[C@@H](NC(=O)CNc1cccc(C(F)(F)F)c1)c1nncn1C. The minimum absolute atomic E-state index is 0.149. The van der Waals surface area contributed by atoms with Crippen LogP contribution in [0.25, 0.3) is 0 Å². The van der Waals surface area contributed by atoms with Crippen molar-refractivity contribution >= 4 is 11.6 Å². The summed E-state index contributed by atoms with van der Waals surface area (Å²) in [5.41, 5.74) is -0.545. The summed E-state index contributed by atoms with van der Waals surface area (Å²) < 4.78 is 39.5. The molecular formula is C14H16F3N5O. The lowest BCUT2D eigenvalue weighted by molar-refractivity contribution is -0.137. The van der Waals surface area contributed by atoms with Crippen LogP contribution in [0.2, 0.25) is 0 Å². The fraction of sp³-hybridized carbons (Fsp3) is 0.357. The van der Waals surface area contributed by atoms with Crippen molar-refractivity contribution < 1.29 is 18.0 Å². The lowest BCUT2D eigenvalue weighted by Crippen LogP contribution is -2.33. The molecule has 0 aliphatic heterocycles. The number of hydrogen-bond donors (Lipinski definition) is 2. The van der Waals surface area contributed by atoms with Gasteiger partial charge in [0.25, 0.3) is 0 Å². The van der Waals surface area contributed by atoms with E-state index in [4.69, 9.17) is 0 Å². The maximum absolute atomic E-state index is 12.6. The highest BCUT2D eigenvalue weighted by Crippen LogP contribution is 2.30. The van der Waals surface area contributed by atoms with Crippen molar-refractivity contribution in [2.45, 2.75) is 19.1 Å². The Morgan fingerprint density at radius 1 is 1.39 bits per heavy atom. The Morgan fingerprint density at radius 2 is 2.13 bits per heavy atom. The maximum atomic E-state index is 12.6. The summed E-state index contributed by atoms with van der Waals surface area (Å²) in [6.07, 6.45) is -2.90. The molecule has 23 heavy (non-hydrogen) atoms. The number of hydrogen-bond acceptors (Lipinski definition) is 4.